The zero-order valence-electron chi connectivity index (χ0n) is 12.4. The summed E-state index contributed by atoms with van der Waals surface area (Å²) in [5.41, 5.74) is 1.32. The Bertz CT molecular complexity index is 531. The molecule has 2 rings (SSSR count). The number of nitrogens with zero attached hydrogens (tertiary/aromatic N) is 1. The number of ether oxygens (including phenoxy) is 1. The summed E-state index contributed by atoms with van der Waals surface area (Å²) in [6.07, 6.45) is 0.789. The number of amides is 2. The zero-order valence-corrected chi connectivity index (χ0v) is 12.4. The molecule has 1 aliphatic heterocycles. The lowest BCUT2D eigenvalue weighted by Crippen LogP contribution is -2.40. The van der Waals surface area contributed by atoms with Gasteiger partial charge in [-0.1, -0.05) is 13.0 Å². The van der Waals surface area contributed by atoms with Crippen LogP contribution in [0.2, 0.25) is 0 Å². The van der Waals surface area contributed by atoms with Crippen LogP contribution in [0.5, 0.6) is 5.75 Å². The van der Waals surface area contributed by atoms with Gasteiger partial charge in [0.15, 0.2) is 5.75 Å². The van der Waals surface area contributed by atoms with Gasteiger partial charge in [-0.15, -0.1) is 0 Å². The first-order valence-electron chi connectivity index (χ1n) is 7.17. The van der Waals surface area contributed by atoms with Crippen molar-refractivity contribution in [3.05, 3.63) is 23.8 Å². The van der Waals surface area contributed by atoms with Gasteiger partial charge in [-0.05, 0) is 18.6 Å². The van der Waals surface area contributed by atoms with Crippen molar-refractivity contribution in [2.75, 3.05) is 38.6 Å². The van der Waals surface area contributed by atoms with Gasteiger partial charge in [0.1, 0.15) is 6.61 Å². The fraction of sp³-hybridized carbons (Fsp3) is 0.467. The fourth-order valence-corrected chi connectivity index (χ4v) is 2.28. The van der Waals surface area contributed by atoms with Crippen molar-refractivity contribution in [1.82, 2.24) is 10.2 Å². The average Bonchev–Trinajstić information content (AvgIpc) is 2.53. The first-order valence-corrected chi connectivity index (χ1v) is 7.17. The Morgan fingerprint density at radius 3 is 2.95 bits per heavy atom. The second-order valence-corrected chi connectivity index (χ2v) is 4.86. The summed E-state index contributed by atoms with van der Waals surface area (Å²) in [6, 6.07) is 5.44. The van der Waals surface area contributed by atoms with Crippen molar-refractivity contribution in [2.24, 2.45) is 0 Å². The van der Waals surface area contributed by atoms with Gasteiger partial charge in [-0.2, -0.15) is 0 Å². The summed E-state index contributed by atoms with van der Waals surface area (Å²) in [7, 11) is 1.56. The molecule has 0 radical (unpaired) electrons. The van der Waals surface area contributed by atoms with Crippen molar-refractivity contribution in [3.8, 4) is 5.75 Å². The number of hydrogen-bond acceptors (Lipinski definition) is 4. The third kappa shape index (κ3) is 3.45. The Kier molecular flexibility index (Phi) is 5.03. The summed E-state index contributed by atoms with van der Waals surface area (Å²) in [4.78, 5) is 25.8. The molecule has 1 aromatic carbocycles. The van der Waals surface area contributed by atoms with Crippen LogP contribution in [0.25, 0.3) is 0 Å². The molecule has 1 aromatic rings. The molecule has 1 heterocycles. The van der Waals surface area contributed by atoms with E-state index in [-0.39, 0.29) is 18.4 Å². The van der Waals surface area contributed by atoms with E-state index in [1.165, 1.54) is 0 Å². The molecule has 1 aliphatic rings. The first kappa shape index (κ1) is 15.2. The van der Waals surface area contributed by atoms with Crippen molar-refractivity contribution in [2.45, 2.75) is 13.3 Å². The van der Waals surface area contributed by atoms with Gasteiger partial charge in [-0.25, -0.2) is 0 Å². The third-order valence-electron chi connectivity index (χ3n) is 3.30. The molecule has 0 aliphatic carbocycles. The van der Waals surface area contributed by atoms with E-state index >= 15 is 0 Å². The molecule has 0 saturated carbocycles. The summed E-state index contributed by atoms with van der Waals surface area (Å²) in [5, 5.41) is 5.75. The number of carbonyl (C=O) groups is 2. The maximum absolute atomic E-state index is 12.7. The third-order valence-corrected chi connectivity index (χ3v) is 3.30. The Balaban J connectivity index is 2.26. The molecule has 0 atom stereocenters. The molecule has 21 heavy (non-hydrogen) atoms. The molecular formula is C15H21N3O3. The molecule has 114 valence electrons. The van der Waals surface area contributed by atoms with Gasteiger partial charge in [0.2, 0.25) is 5.91 Å². The van der Waals surface area contributed by atoms with Crippen LogP contribution in [0.15, 0.2) is 18.2 Å². The van der Waals surface area contributed by atoms with Crippen LogP contribution in [-0.2, 0) is 4.79 Å². The van der Waals surface area contributed by atoms with E-state index < -0.39 is 0 Å². The number of nitrogens with one attached hydrogen (secondary N) is 2. The Hall–Kier alpha value is -2.24. The highest BCUT2D eigenvalue weighted by molar-refractivity contribution is 6.00. The zero-order chi connectivity index (χ0) is 15.2. The molecule has 0 aromatic heterocycles. The van der Waals surface area contributed by atoms with Crippen molar-refractivity contribution < 1.29 is 14.3 Å². The Morgan fingerprint density at radius 2 is 2.24 bits per heavy atom. The smallest absolute Gasteiger partial charge is 0.258 e. The maximum Gasteiger partial charge on any atom is 0.258 e. The lowest BCUT2D eigenvalue weighted by Gasteiger charge is -2.25. The topological polar surface area (TPSA) is 70.7 Å². The van der Waals surface area contributed by atoms with Crippen LogP contribution < -0.4 is 15.4 Å². The van der Waals surface area contributed by atoms with Crippen LogP contribution >= 0.6 is 0 Å². The highest BCUT2D eigenvalue weighted by Crippen LogP contribution is 2.32. The van der Waals surface area contributed by atoms with Crippen LogP contribution in [0, 0.1) is 0 Å². The van der Waals surface area contributed by atoms with E-state index in [9.17, 15) is 9.59 Å². The maximum atomic E-state index is 12.7. The van der Waals surface area contributed by atoms with Gasteiger partial charge in [0.25, 0.3) is 5.91 Å². The predicted octanol–water partition coefficient (Wildman–Crippen LogP) is 1.09. The van der Waals surface area contributed by atoms with E-state index in [1.807, 2.05) is 19.1 Å². The molecule has 0 fully saturated rings. The molecule has 0 spiro atoms. The van der Waals surface area contributed by atoms with Crippen LogP contribution in [0.3, 0.4) is 0 Å². The van der Waals surface area contributed by atoms with Crippen molar-refractivity contribution in [1.29, 1.82) is 0 Å². The number of carbonyl (C=O) groups excluding carboxylic acids is 2. The molecule has 6 nitrogen and oxygen atoms in total. The number of para-hydroxylation sites is 1. The van der Waals surface area contributed by atoms with Gasteiger partial charge in [-0.3, -0.25) is 9.59 Å². The summed E-state index contributed by atoms with van der Waals surface area (Å²) >= 11 is 0. The lowest BCUT2D eigenvalue weighted by molar-refractivity contribution is -0.121. The Labute approximate surface area is 124 Å². The molecule has 2 amide bonds. The second kappa shape index (κ2) is 6.97. The van der Waals surface area contributed by atoms with Gasteiger partial charge in [0, 0.05) is 20.1 Å². The molecular weight excluding hydrogens is 270 g/mol. The molecule has 6 heteroatoms. The summed E-state index contributed by atoms with van der Waals surface area (Å²) in [6.45, 7) is 3.81. The first-order chi connectivity index (χ1) is 10.2. The van der Waals surface area contributed by atoms with E-state index in [0.29, 0.717) is 24.5 Å². The normalized spacial score (nSPS) is 12.7. The minimum Gasteiger partial charge on any atom is -0.489 e. The van der Waals surface area contributed by atoms with Gasteiger partial charge < -0.3 is 20.3 Å². The molecule has 0 saturated heterocycles. The number of hydrogen-bond donors (Lipinski definition) is 2. The largest absolute Gasteiger partial charge is 0.489 e. The predicted molar refractivity (Wildman–Crippen MR) is 80.7 cm³/mol. The number of rotatable bonds is 5. The van der Waals surface area contributed by atoms with Crippen molar-refractivity contribution in [3.63, 3.8) is 0 Å². The van der Waals surface area contributed by atoms with Crippen molar-refractivity contribution >= 4 is 17.5 Å². The highest BCUT2D eigenvalue weighted by atomic mass is 16.5. The molecule has 0 bridgehead atoms. The minimum atomic E-state index is -0.180. The quantitative estimate of drug-likeness (QED) is 0.852. The number of anilines is 1. The standard InChI is InChI=1S/C15H21N3O3/c1-3-8-18(10-13(19)16-2)15(20)11-5-4-6-12-14(11)21-9-7-17-12/h4-6,17H,3,7-10H2,1-2H3,(H,16,19). The number of likely N-dealkylation sites (N-methyl/N-ethyl adjacent to an activating group) is 1. The number of benzene rings is 1. The molecule has 0 unspecified atom stereocenters. The lowest BCUT2D eigenvalue weighted by atomic mass is 10.1. The summed E-state index contributed by atoms with van der Waals surface area (Å²) < 4.78 is 5.62. The average molecular weight is 291 g/mol. The Morgan fingerprint density at radius 1 is 1.43 bits per heavy atom. The van der Waals surface area contributed by atoms with Gasteiger partial charge >= 0.3 is 0 Å². The van der Waals surface area contributed by atoms with E-state index in [0.717, 1.165) is 18.7 Å². The van der Waals surface area contributed by atoms with Crippen LogP contribution in [0.4, 0.5) is 5.69 Å². The van der Waals surface area contributed by atoms with E-state index in [4.69, 9.17) is 4.74 Å². The van der Waals surface area contributed by atoms with Crippen LogP contribution in [0.1, 0.15) is 23.7 Å². The second-order valence-electron chi connectivity index (χ2n) is 4.86. The highest BCUT2D eigenvalue weighted by Gasteiger charge is 2.24. The fourth-order valence-electron chi connectivity index (χ4n) is 2.28. The van der Waals surface area contributed by atoms with E-state index in [2.05, 4.69) is 10.6 Å². The van der Waals surface area contributed by atoms with E-state index in [1.54, 1.807) is 18.0 Å². The monoisotopic (exact) mass is 291 g/mol. The number of fused-ring (bicyclic) bond motifs is 1. The SMILES string of the molecule is CCCN(CC(=O)NC)C(=O)c1cccc2c1OCCN2. The van der Waals surface area contributed by atoms with Crippen LogP contribution in [-0.4, -0.2) is 50.0 Å². The summed E-state index contributed by atoms with van der Waals surface area (Å²) in [5.74, 6) is 0.216. The minimum absolute atomic E-state index is 0.0558. The molecule has 2 N–H and O–H groups in total. The van der Waals surface area contributed by atoms with Gasteiger partial charge in [0.05, 0.1) is 17.8 Å².